The fraction of sp³-hybridized carbons (Fsp3) is 1.00. The van der Waals surface area contributed by atoms with Gasteiger partial charge in [-0.05, 0) is 25.8 Å². The van der Waals surface area contributed by atoms with Crippen LogP contribution in [0.15, 0.2) is 0 Å². The van der Waals surface area contributed by atoms with Gasteiger partial charge >= 0.3 is 0 Å². The van der Waals surface area contributed by atoms with Gasteiger partial charge in [-0.3, -0.25) is 0 Å². The van der Waals surface area contributed by atoms with Crippen LogP contribution >= 0.6 is 0 Å². The zero-order valence-electron chi connectivity index (χ0n) is 9.21. The second-order valence-electron chi connectivity index (χ2n) is 3.26. The molecule has 3 unspecified atom stereocenters. The number of rotatable bonds is 3. The number of likely N-dealkylation sites (N-methyl/N-ethyl adjacent to an activating group) is 1. The summed E-state index contributed by atoms with van der Waals surface area (Å²) in [5.41, 5.74) is 0. The van der Waals surface area contributed by atoms with Gasteiger partial charge in [0.1, 0.15) is 0 Å². The van der Waals surface area contributed by atoms with Crippen LogP contribution in [0.5, 0.6) is 0 Å². The highest BCUT2D eigenvalue weighted by molar-refractivity contribution is 4.87. The van der Waals surface area contributed by atoms with Crippen LogP contribution in [0.1, 0.15) is 26.7 Å². The lowest BCUT2D eigenvalue weighted by Gasteiger charge is -2.11. The van der Waals surface area contributed by atoms with E-state index in [1.807, 2.05) is 20.9 Å². The summed E-state index contributed by atoms with van der Waals surface area (Å²) in [5, 5.41) is 12.6. The van der Waals surface area contributed by atoms with Crippen molar-refractivity contribution in [2.75, 3.05) is 20.8 Å². The summed E-state index contributed by atoms with van der Waals surface area (Å²) in [6.45, 7) is 4.77. The first kappa shape index (κ1) is 12.9. The van der Waals surface area contributed by atoms with E-state index in [-0.39, 0.29) is 12.1 Å². The van der Waals surface area contributed by atoms with Crippen molar-refractivity contribution in [3.05, 3.63) is 0 Å². The highest BCUT2D eigenvalue weighted by atomic mass is 16.5. The van der Waals surface area contributed by atoms with Crippen LogP contribution in [0, 0.1) is 5.92 Å². The van der Waals surface area contributed by atoms with E-state index in [0.717, 1.165) is 19.4 Å². The normalized spacial score (nSPS) is 32.5. The van der Waals surface area contributed by atoms with E-state index in [4.69, 9.17) is 4.74 Å². The molecule has 0 bridgehead atoms. The van der Waals surface area contributed by atoms with E-state index < -0.39 is 0 Å². The molecule has 0 aliphatic heterocycles. The van der Waals surface area contributed by atoms with E-state index in [1.165, 1.54) is 0 Å². The molecule has 0 spiro atoms. The Labute approximate surface area is 81.5 Å². The molecule has 0 aromatic heterocycles. The molecule has 1 saturated carbocycles. The maximum absolute atomic E-state index is 9.47. The molecule has 1 aliphatic carbocycles. The van der Waals surface area contributed by atoms with Gasteiger partial charge in [-0.15, -0.1) is 0 Å². The van der Waals surface area contributed by atoms with Crippen LogP contribution in [0.25, 0.3) is 0 Å². The lowest BCUT2D eigenvalue weighted by molar-refractivity contribution is 0.130. The Balaban J connectivity index is 0.000000671. The Morgan fingerprint density at radius 2 is 2.00 bits per heavy atom. The van der Waals surface area contributed by atoms with Crippen LogP contribution in [0.3, 0.4) is 0 Å². The van der Waals surface area contributed by atoms with Crippen molar-refractivity contribution in [2.24, 2.45) is 5.92 Å². The van der Waals surface area contributed by atoms with Crippen LogP contribution in [-0.4, -0.2) is 38.0 Å². The average molecular weight is 189 g/mol. The lowest BCUT2D eigenvalue weighted by Crippen LogP contribution is -2.32. The predicted molar refractivity (Wildman–Crippen MR) is 54.8 cm³/mol. The number of hydrogen-bond acceptors (Lipinski definition) is 3. The Morgan fingerprint density at radius 3 is 2.38 bits per heavy atom. The number of aliphatic hydroxyl groups excluding tert-OH is 1. The van der Waals surface area contributed by atoms with Gasteiger partial charge in [-0.2, -0.15) is 0 Å². The summed E-state index contributed by atoms with van der Waals surface area (Å²) in [6, 6.07) is 0.273. The summed E-state index contributed by atoms with van der Waals surface area (Å²) >= 11 is 0. The summed E-state index contributed by atoms with van der Waals surface area (Å²) in [5.74, 6) is 0.535. The molecule has 13 heavy (non-hydrogen) atoms. The van der Waals surface area contributed by atoms with E-state index in [2.05, 4.69) is 5.32 Å². The maximum atomic E-state index is 9.47. The van der Waals surface area contributed by atoms with E-state index in [9.17, 15) is 5.11 Å². The second kappa shape index (κ2) is 7.30. The quantitative estimate of drug-likeness (QED) is 0.696. The van der Waals surface area contributed by atoms with Crippen molar-refractivity contribution in [1.29, 1.82) is 0 Å². The first-order valence-corrected chi connectivity index (χ1v) is 5.12. The van der Waals surface area contributed by atoms with Gasteiger partial charge in [0.25, 0.3) is 0 Å². The Bertz CT molecular complexity index is 119. The highest BCUT2D eigenvalue weighted by Gasteiger charge is 2.31. The summed E-state index contributed by atoms with van der Waals surface area (Å²) in [6.07, 6.45) is 1.73. The smallest absolute Gasteiger partial charge is 0.0696 e. The number of aliphatic hydroxyl groups is 1. The highest BCUT2D eigenvalue weighted by Crippen LogP contribution is 2.25. The monoisotopic (exact) mass is 189 g/mol. The summed E-state index contributed by atoms with van der Waals surface area (Å²) in [7, 11) is 3.60. The Morgan fingerprint density at radius 1 is 1.38 bits per heavy atom. The first-order valence-electron chi connectivity index (χ1n) is 5.12. The molecule has 0 saturated heterocycles. The van der Waals surface area contributed by atoms with Crippen LogP contribution in [0.2, 0.25) is 0 Å². The number of hydrogen-bond donors (Lipinski definition) is 2. The van der Waals surface area contributed by atoms with Crippen molar-refractivity contribution in [1.82, 2.24) is 5.32 Å². The molecular weight excluding hydrogens is 166 g/mol. The van der Waals surface area contributed by atoms with Crippen molar-refractivity contribution in [2.45, 2.75) is 38.8 Å². The third kappa shape index (κ3) is 4.07. The molecule has 3 atom stereocenters. The summed E-state index contributed by atoms with van der Waals surface area (Å²) in [4.78, 5) is 0. The third-order valence-corrected chi connectivity index (χ3v) is 2.40. The molecule has 0 radical (unpaired) electrons. The van der Waals surface area contributed by atoms with Gasteiger partial charge in [0.2, 0.25) is 0 Å². The molecule has 2 N–H and O–H groups in total. The van der Waals surface area contributed by atoms with Gasteiger partial charge in [-0.1, -0.05) is 13.8 Å². The molecule has 0 aromatic rings. The maximum Gasteiger partial charge on any atom is 0.0696 e. The fourth-order valence-electron chi connectivity index (χ4n) is 1.80. The van der Waals surface area contributed by atoms with Crippen molar-refractivity contribution in [3.8, 4) is 0 Å². The van der Waals surface area contributed by atoms with Gasteiger partial charge in [0.15, 0.2) is 0 Å². The molecule has 1 aliphatic rings. The zero-order chi connectivity index (χ0) is 10.3. The van der Waals surface area contributed by atoms with E-state index in [1.54, 1.807) is 7.11 Å². The molecule has 0 amide bonds. The van der Waals surface area contributed by atoms with Crippen molar-refractivity contribution in [3.63, 3.8) is 0 Å². The van der Waals surface area contributed by atoms with Gasteiger partial charge in [0.05, 0.1) is 6.10 Å². The van der Waals surface area contributed by atoms with Crippen LogP contribution in [-0.2, 0) is 4.74 Å². The van der Waals surface area contributed by atoms with Gasteiger partial charge in [-0.25, -0.2) is 0 Å². The molecule has 1 rings (SSSR count). The fourth-order valence-corrected chi connectivity index (χ4v) is 1.80. The lowest BCUT2D eigenvalue weighted by atomic mass is 10.1. The van der Waals surface area contributed by atoms with Crippen molar-refractivity contribution < 1.29 is 9.84 Å². The largest absolute Gasteiger partial charge is 0.391 e. The molecule has 3 heteroatoms. The SMILES string of the molecule is CC.CNC1CC(COC)CC1O. The van der Waals surface area contributed by atoms with Crippen LogP contribution < -0.4 is 5.32 Å². The molecule has 0 aromatic carbocycles. The number of ether oxygens (including phenoxy) is 1. The van der Waals surface area contributed by atoms with Gasteiger partial charge in [0, 0.05) is 19.8 Å². The zero-order valence-corrected chi connectivity index (χ0v) is 9.21. The Kier molecular flexibility index (Phi) is 7.23. The first-order chi connectivity index (χ1) is 6.27. The third-order valence-electron chi connectivity index (χ3n) is 2.40. The Hall–Kier alpha value is -0.120. The minimum absolute atomic E-state index is 0.180. The minimum Gasteiger partial charge on any atom is -0.391 e. The van der Waals surface area contributed by atoms with Crippen molar-refractivity contribution >= 4 is 0 Å². The standard InChI is InChI=1S/C8H17NO2.C2H6/c1-9-7-3-6(5-11-2)4-8(7)10;1-2/h6-10H,3-5H2,1-2H3;1-2H3. The average Bonchev–Trinajstić information content (AvgIpc) is 2.50. The molecule has 1 fully saturated rings. The molecular formula is C10H23NO2. The van der Waals surface area contributed by atoms with Crippen LogP contribution in [0.4, 0.5) is 0 Å². The summed E-state index contributed by atoms with van der Waals surface area (Å²) < 4.78 is 5.03. The topological polar surface area (TPSA) is 41.5 Å². The minimum atomic E-state index is -0.180. The van der Waals surface area contributed by atoms with E-state index >= 15 is 0 Å². The number of methoxy groups -OCH3 is 1. The molecule has 3 nitrogen and oxygen atoms in total. The van der Waals surface area contributed by atoms with E-state index in [0.29, 0.717) is 5.92 Å². The van der Waals surface area contributed by atoms with Gasteiger partial charge < -0.3 is 15.2 Å². The molecule has 80 valence electrons. The predicted octanol–water partition coefficient (Wildman–Crippen LogP) is 1.02. The number of nitrogens with one attached hydrogen (secondary N) is 1. The molecule has 0 heterocycles. The second-order valence-corrected chi connectivity index (χ2v) is 3.26.